The van der Waals surface area contributed by atoms with Crippen LogP contribution in [0.3, 0.4) is 0 Å². The van der Waals surface area contributed by atoms with Gasteiger partial charge in [0, 0.05) is 17.7 Å². The largest absolute Gasteiger partial charge is 0.381 e. The highest BCUT2D eigenvalue weighted by atomic mass is 79.9. The molecule has 1 aliphatic rings. The molecule has 1 aliphatic heterocycles. The SMILES string of the molecule is CNCC(Cc1ccccc1Br)CC1CCOCC1. The first-order valence-electron chi connectivity index (χ1n) is 7.25. The zero-order valence-electron chi connectivity index (χ0n) is 11.7. The van der Waals surface area contributed by atoms with Crippen molar-refractivity contribution in [1.29, 1.82) is 0 Å². The predicted octanol–water partition coefficient (Wildman–Crippen LogP) is 3.64. The fourth-order valence-corrected chi connectivity index (χ4v) is 3.40. The van der Waals surface area contributed by atoms with Gasteiger partial charge < -0.3 is 10.1 Å². The molecule has 0 amide bonds. The van der Waals surface area contributed by atoms with Crippen molar-refractivity contribution in [2.45, 2.75) is 25.7 Å². The Morgan fingerprint density at radius 3 is 2.74 bits per heavy atom. The van der Waals surface area contributed by atoms with Crippen LogP contribution >= 0.6 is 15.9 Å². The monoisotopic (exact) mass is 325 g/mol. The van der Waals surface area contributed by atoms with Crippen LogP contribution in [0, 0.1) is 11.8 Å². The first-order valence-corrected chi connectivity index (χ1v) is 8.04. The molecule has 0 radical (unpaired) electrons. The highest BCUT2D eigenvalue weighted by Crippen LogP contribution is 2.27. The van der Waals surface area contributed by atoms with Crippen molar-refractivity contribution in [3.63, 3.8) is 0 Å². The van der Waals surface area contributed by atoms with Gasteiger partial charge in [-0.3, -0.25) is 0 Å². The van der Waals surface area contributed by atoms with Crippen LogP contribution in [0.15, 0.2) is 28.7 Å². The summed E-state index contributed by atoms with van der Waals surface area (Å²) in [6, 6.07) is 8.58. The smallest absolute Gasteiger partial charge is 0.0468 e. The number of nitrogens with one attached hydrogen (secondary N) is 1. The third-order valence-corrected chi connectivity index (χ3v) is 4.74. The van der Waals surface area contributed by atoms with Crippen LogP contribution < -0.4 is 5.32 Å². The highest BCUT2D eigenvalue weighted by Gasteiger charge is 2.19. The van der Waals surface area contributed by atoms with E-state index in [1.54, 1.807) is 0 Å². The summed E-state index contributed by atoms with van der Waals surface area (Å²) in [5.41, 5.74) is 1.43. The molecule has 1 aromatic rings. The van der Waals surface area contributed by atoms with Crippen LogP contribution in [-0.2, 0) is 11.2 Å². The Labute approximate surface area is 125 Å². The molecule has 1 N–H and O–H groups in total. The van der Waals surface area contributed by atoms with Gasteiger partial charge in [0.25, 0.3) is 0 Å². The zero-order valence-corrected chi connectivity index (χ0v) is 13.3. The third-order valence-electron chi connectivity index (χ3n) is 3.97. The van der Waals surface area contributed by atoms with Gasteiger partial charge in [-0.05, 0) is 62.7 Å². The van der Waals surface area contributed by atoms with Crippen molar-refractivity contribution in [3.8, 4) is 0 Å². The van der Waals surface area contributed by atoms with E-state index in [2.05, 4.69) is 52.6 Å². The van der Waals surface area contributed by atoms with Gasteiger partial charge in [0.2, 0.25) is 0 Å². The standard InChI is InChI=1S/C16H24BrNO/c1-18-12-14(10-13-6-8-19-9-7-13)11-15-4-2-3-5-16(15)17/h2-5,13-14,18H,6-12H2,1H3. The Bertz CT molecular complexity index is 377. The van der Waals surface area contributed by atoms with E-state index < -0.39 is 0 Å². The molecule has 0 aliphatic carbocycles. The number of benzene rings is 1. The van der Waals surface area contributed by atoms with Gasteiger partial charge in [-0.25, -0.2) is 0 Å². The summed E-state index contributed by atoms with van der Waals surface area (Å²) in [6.45, 7) is 3.00. The topological polar surface area (TPSA) is 21.3 Å². The molecule has 0 aromatic heterocycles. The van der Waals surface area contributed by atoms with Crippen molar-refractivity contribution in [2.24, 2.45) is 11.8 Å². The summed E-state index contributed by atoms with van der Waals surface area (Å²) in [5.74, 6) is 1.56. The van der Waals surface area contributed by atoms with Crippen molar-refractivity contribution in [2.75, 3.05) is 26.8 Å². The fraction of sp³-hybridized carbons (Fsp3) is 0.625. The molecule has 1 fully saturated rings. The third kappa shape index (κ3) is 4.90. The van der Waals surface area contributed by atoms with Crippen LogP contribution in [0.1, 0.15) is 24.8 Å². The Balaban J connectivity index is 1.93. The van der Waals surface area contributed by atoms with Crippen LogP contribution in [0.4, 0.5) is 0 Å². The molecule has 1 saturated heterocycles. The van der Waals surface area contributed by atoms with Crippen LogP contribution in [0.2, 0.25) is 0 Å². The lowest BCUT2D eigenvalue weighted by molar-refractivity contribution is 0.0586. The van der Waals surface area contributed by atoms with E-state index in [0.717, 1.165) is 32.1 Å². The molecular formula is C16H24BrNO. The van der Waals surface area contributed by atoms with Crippen molar-refractivity contribution >= 4 is 15.9 Å². The lowest BCUT2D eigenvalue weighted by Crippen LogP contribution is -2.26. The summed E-state index contributed by atoms with van der Waals surface area (Å²) in [4.78, 5) is 0. The van der Waals surface area contributed by atoms with E-state index in [0.29, 0.717) is 5.92 Å². The minimum atomic E-state index is 0.715. The minimum Gasteiger partial charge on any atom is -0.381 e. The maximum Gasteiger partial charge on any atom is 0.0468 e. The molecule has 3 heteroatoms. The van der Waals surface area contributed by atoms with Crippen LogP contribution in [0.25, 0.3) is 0 Å². The molecule has 106 valence electrons. The fourth-order valence-electron chi connectivity index (χ4n) is 2.96. The van der Waals surface area contributed by atoms with E-state index in [-0.39, 0.29) is 0 Å². The Morgan fingerprint density at radius 2 is 2.05 bits per heavy atom. The van der Waals surface area contributed by atoms with Gasteiger partial charge in [-0.2, -0.15) is 0 Å². The summed E-state index contributed by atoms with van der Waals surface area (Å²) < 4.78 is 6.69. The van der Waals surface area contributed by atoms with Gasteiger partial charge in [-0.15, -0.1) is 0 Å². The highest BCUT2D eigenvalue weighted by molar-refractivity contribution is 9.10. The zero-order chi connectivity index (χ0) is 13.5. The summed E-state index contributed by atoms with van der Waals surface area (Å²) >= 11 is 3.66. The number of ether oxygens (including phenoxy) is 1. The quantitative estimate of drug-likeness (QED) is 0.862. The minimum absolute atomic E-state index is 0.715. The van der Waals surface area contributed by atoms with Crippen molar-refractivity contribution in [1.82, 2.24) is 5.32 Å². The maximum atomic E-state index is 5.46. The molecule has 1 aromatic carbocycles. The molecular weight excluding hydrogens is 302 g/mol. The van der Waals surface area contributed by atoms with Gasteiger partial charge in [-0.1, -0.05) is 34.1 Å². The van der Waals surface area contributed by atoms with Gasteiger partial charge in [0.1, 0.15) is 0 Å². The number of halogens is 1. The lowest BCUT2D eigenvalue weighted by Gasteiger charge is -2.27. The predicted molar refractivity (Wildman–Crippen MR) is 83.4 cm³/mol. The first kappa shape index (κ1) is 15.0. The normalized spacial score (nSPS) is 18.4. The summed E-state index contributed by atoms with van der Waals surface area (Å²) in [6.07, 6.45) is 4.93. The molecule has 1 heterocycles. The molecule has 0 spiro atoms. The molecule has 2 nitrogen and oxygen atoms in total. The van der Waals surface area contributed by atoms with Gasteiger partial charge in [0.05, 0.1) is 0 Å². The van der Waals surface area contributed by atoms with Gasteiger partial charge in [0.15, 0.2) is 0 Å². The summed E-state index contributed by atoms with van der Waals surface area (Å²) in [5, 5.41) is 3.35. The van der Waals surface area contributed by atoms with E-state index >= 15 is 0 Å². The molecule has 0 bridgehead atoms. The molecule has 2 rings (SSSR count). The Kier molecular flexibility index (Phi) is 6.35. The molecule has 0 saturated carbocycles. The molecule has 1 atom stereocenters. The number of hydrogen-bond acceptors (Lipinski definition) is 2. The van der Waals surface area contributed by atoms with Crippen LogP contribution in [0.5, 0.6) is 0 Å². The van der Waals surface area contributed by atoms with E-state index in [1.165, 1.54) is 29.3 Å². The summed E-state index contributed by atoms with van der Waals surface area (Å²) in [7, 11) is 2.05. The molecule has 19 heavy (non-hydrogen) atoms. The van der Waals surface area contributed by atoms with Gasteiger partial charge >= 0.3 is 0 Å². The Hall–Kier alpha value is -0.380. The maximum absolute atomic E-state index is 5.46. The number of rotatable bonds is 6. The van der Waals surface area contributed by atoms with E-state index in [1.807, 2.05) is 0 Å². The van der Waals surface area contributed by atoms with E-state index in [9.17, 15) is 0 Å². The average molecular weight is 326 g/mol. The average Bonchev–Trinajstić information content (AvgIpc) is 2.43. The number of hydrogen-bond donors (Lipinski definition) is 1. The van der Waals surface area contributed by atoms with Crippen molar-refractivity contribution in [3.05, 3.63) is 34.3 Å². The lowest BCUT2D eigenvalue weighted by atomic mass is 9.85. The Morgan fingerprint density at radius 1 is 1.32 bits per heavy atom. The molecule has 1 unspecified atom stereocenters. The van der Waals surface area contributed by atoms with Crippen molar-refractivity contribution < 1.29 is 4.74 Å². The van der Waals surface area contributed by atoms with E-state index in [4.69, 9.17) is 4.74 Å². The van der Waals surface area contributed by atoms with Crippen LogP contribution in [-0.4, -0.2) is 26.8 Å². The second-order valence-corrected chi connectivity index (χ2v) is 6.37. The first-order chi connectivity index (χ1) is 9.29. The second kappa shape index (κ2) is 8.03. The second-order valence-electron chi connectivity index (χ2n) is 5.51.